The maximum Gasteiger partial charge on any atom is 0.250 e. The van der Waals surface area contributed by atoms with Crippen molar-refractivity contribution in [3.8, 4) is 0 Å². The Hall–Kier alpha value is -2.24. The average molecular weight is 217 g/mol. The van der Waals surface area contributed by atoms with Gasteiger partial charge in [0.15, 0.2) is 0 Å². The van der Waals surface area contributed by atoms with Crippen molar-refractivity contribution >= 4 is 11.7 Å². The molecule has 0 aliphatic rings. The predicted octanol–water partition coefficient (Wildman–Crippen LogP) is 0.873. The number of hydrogen-bond acceptors (Lipinski definition) is 4. The van der Waals surface area contributed by atoms with Gasteiger partial charge in [-0.15, -0.1) is 0 Å². The molecule has 6 heteroatoms. The van der Waals surface area contributed by atoms with Crippen LogP contribution in [-0.4, -0.2) is 25.7 Å². The van der Waals surface area contributed by atoms with Crippen molar-refractivity contribution < 1.29 is 4.79 Å². The van der Waals surface area contributed by atoms with Crippen LogP contribution in [0.5, 0.6) is 0 Å². The number of carbonyl (C=O) groups is 1. The van der Waals surface area contributed by atoms with Crippen LogP contribution in [0, 0.1) is 0 Å². The number of anilines is 1. The molecule has 0 aromatic carbocycles. The summed E-state index contributed by atoms with van der Waals surface area (Å²) in [4.78, 5) is 19.6. The molecule has 16 heavy (non-hydrogen) atoms. The van der Waals surface area contributed by atoms with E-state index in [-0.39, 0.29) is 5.91 Å². The Kier molecular flexibility index (Phi) is 2.90. The zero-order valence-electron chi connectivity index (χ0n) is 8.74. The Labute approximate surface area is 92.3 Å². The van der Waals surface area contributed by atoms with E-state index < -0.39 is 6.04 Å². The lowest BCUT2D eigenvalue weighted by molar-refractivity contribution is -0.119. The Morgan fingerprint density at radius 1 is 1.50 bits per heavy atom. The molecule has 82 valence electrons. The number of carbonyl (C=O) groups excluding carboxylic acids is 1. The molecular formula is C10H11N5O. The molecule has 2 rings (SSSR count). The predicted molar refractivity (Wildman–Crippen MR) is 57.6 cm³/mol. The minimum atomic E-state index is -0.412. The highest BCUT2D eigenvalue weighted by Crippen LogP contribution is 2.07. The molecule has 0 bridgehead atoms. The average Bonchev–Trinajstić information content (AvgIpc) is 2.83. The lowest BCUT2D eigenvalue weighted by Gasteiger charge is -2.10. The van der Waals surface area contributed by atoms with Gasteiger partial charge in [0, 0.05) is 6.20 Å². The number of aromatic nitrogens is 4. The van der Waals surface area contributed by atoms with E-state index in [1.807, 2.05) is 6.07 Å². The minimum absolute atomic E-state index is 0.177. The topological polar surface area (TPSA) is 72.7 Å². The maximum atomic E-state index is 11.8. The van der Waals surface area contributed by atoms with E-state index in [0.29, 0.717) is 5.82 Å². The maximum absolute atomic E-state index is 11.8. The van der Waals surface area contributed by atoms with Gasteiger partial charge >= 0.3 is 0 Å². The van der Waals surface area contributed by atoms with Crippen LogP contribution in [0.1, 0.15) is 13.0 Å². The molecule has 0 spiro atoms. The van der Waals surface area contributed by atoms with Crippen LogP contribution in [0.3, 0.4) is 0 Å². The lowest BCUT2D eigenvalue weighted by Crippen LogP contribution is -2.24. The van der Waals surface area contributed by atoms with E-state index in [1.165, 1.54) is 17.3 Å². The third-order valence-electron chi connectivity index (χ3n) is 2.13. The summed E-state index contributed by atoms with van der Waals surface area (Å²) in [5.41, 5.74) is 0. The largest absolute Gasteiger partial charge is 0.309 e. The third kappa shape index (κ3) is 2.22. The van der Waals surface area contributed by atoms with Crippen LogP contribution in [0.15, 0.2) is 37.1 Å². The molecule has 2 aromatic rings. The van der Waals surface area contributed by atoms with Gasteiger partial charge in [-0.2, -0.15) is 5.10 Å². The summed E-state index contributed by atoms with van der Waals surface area (Å²) < 4.78 is 1.48. The van der Waals surface area contributed by atoms with Gasteiger partial charge in [0.05, 0.1) is 0 Å². The highest BCUT2D eigenvalue weighted by atomic mass is 16.2. The molecule has 0 unspecified atom stereocenters. The molecule has 1 atom stereocenters. The summed E-state index contributed by atoms with van der Waals surface area (Å²) in [6, 6.07) is 4.91. The SMILES string of the molecule is C[C@H](C(=O)Nc1ccccn1)n1cncn1. The van der Waals surface area contributed by atoms with Gasteiger partial charge in [0.25, 0.3) is 0 Å². The van der Waals surface area contributed by atoms with Crippen LogP contribution in [0.2, 0.25) is 0 Å². The molecule has 0 saturated carbocycles. The first-order valence-electron chi connectivity index (χ1n) is 4.83. The second-order valence-corrected chi connectivity index (χ2v) is 3.26. The highest BCUT2D eigenvalue weighted by molar-refractivity contribution is 5.92. The highest BCUT2D eigenvalue weighted by Gasteiger charge is 2.15. The van der Waals surface area contributed by atoms with Crippen LogP contribution < -0.4 is 5.32 Å². The smallest absolute Gasteiger partial charge is 0.250 e. The second kappa shape index (κ2) is 4.52. The van der Waals surface area contributed by atoms with E-state index in [9.17, 15) is 4.79 Å². The van der Waals surface area contributed by atoms with Crippen molar-refractivity contribution in [2.75, 3.05) is 5.32 Å². The van der Waals surface area contributed by atoms with Gasteiger partial charge in [-0.25, -0.2) is 14.6 Å². The Morgan fingerprint density at radius 3 is 3.00 bits per heavy atom. The number of hydrogen-bond donors (Lipinski definition) is 1. The molecule has 0 saturated heterocycles. The zero-order valence-corrected chi connectivity index (χ0v) is 8.74. The molecule has 1 amide bonds. The molecular weight excluding hydrogens is 206 g/mol. The van der Waals surface area contributed by atoms with Crippen molar-refractivity contribution in [3.63, 3.8) is 0 Å². The van der Waals surface area contributed by atoms with Crippen molar-refractivity contribution in [2.24, 2.45) is 0 Å². The summed E-state index contributed by atoms with van der Waals surface area (Å²) in [5.74, 6) is 0.351. The molecule has 0 aliphatic heterocycles. The Bertz CT molecular complexity index is 453. The van der Waals surface area contributed by atoms with Crippen LogP contribution in [0.4, 0.5) is 5.82 Å². The third-order valence-corrected chi connectivity index (χ3v) is 2.13. The van der Waals surface area contributed by atoms with Crippen molar-refractivity contribution in [3.05, 3.63) is 37.1 Å². The summed E-state index contributed by atoms with van der Waals surface area (Å²) in [7, 11) is 0. The molecule has 6 nitrogen and oxygen atoms in total. The Morgan fingerprint density at radius 2 is 2.38 bits per heavy atom. The normalized spacial score (nSPS) is 12.1. The van der Waals surface area contributed by atoms with Gasteiger partial charge in [-0.1, -0.05) is 6.07 Å². The molecule has 0 fully saturated rings. The fourth-order valence-corrected chi connectivity index (χ4v) is 1.20. The molecule has 1 N–H and O–H groups in total. The first-order chi connectivity index (χ1) is 7.77. The molecule has 2 heterocycles. The molecule has 2 aromatic heterocycles. The number of nitrogens with zero attached hydrogens (tertiary/aromatic N) is 4. The van der Waals surface area contributed by atoms with Crippen LogP contribution >= 0.6 is 0 Å². The number of amides is 1. The zero-order chi connectivity index (χ0) is 11.4. The van der Waals surface area contributed by atoms with Gasteiger partial charge in [0.1, 0.15) is 24.5 Å². The molecule has 0 radical (unpaired) electrons. The van der Waals surface area contributed by atoms with Gasteiger partial charge in [0.2, 0.25) is 5.91 Å². The summed E-state index contributed by atoms with van der Waals surface area (Å²) in [5, 5.41) is 6.59. The quantitative estimate of drug-likeness (QED) is 0.828. The fourth-order valence-electron chi connectivity index (χ4n) is 1.20. The number of nitrogens with one attached hydrogen (secondary N) is 1. The van der Waals surface area contributed by atoms with E-state index in [2.05, 4.69) is 20.4 Å². The van der Waals surface area contributed by atoms with Crippen molar-refractivity contribution in [2.45, 2.75) is 13.0 Å². The van der Waals surface area contributed by atoms with Gasteiger partial charge < -0.3 is 5.32 Å². The van der Waals surface area contributed by atoms with E-state index in [0.717, 1.165) is 0 Å². The molecule has 0 aliphatic carbocycles. The first kappa shape index (κ1) is 10.3. The summed E-state index contributed by atoms with van der Waals surface area (Å²) in [6.45, 7) is 1.74. The second-order valence-electron chi connectivity index (χ2n) is 3.26. The monoisotopic (exact) mass is 217 g/mol. The number of rotatable bonds is 3. The van der Waals surface area contributed by atoms with E-state index in [1.54, 1.807) is 25.3 Å². The standard InChI is InChI=1S/C10H11N5O/c1-8(15-7-11-6-13-15)10(16)14-9-4-2-3-5-12-9/h2-8H,1H3,(H,12,14,16)/t8-/m1/s1. The van der Waals surface area contributed by atoms with Crippen LogP contribution in [-0.2, 0) is 4.79 Å². The first-order valence-corrected chi connectivity index (χ1v) is 4.83. The van der Waals surface area contributed by atoms with Crippen molar-refractivity contribution in [1.82, 2.24) is 19.7 Å². The summed E-state index contributed by atoms with van der Waals surface area (Å²) >= 11 is 0. The Balaban J connectivity index is 2.04. The van der Waals surface area contributed by atoms with Crippen LogP contribution in [0.25, 0.3) is 0 Å². The number of pyridine rings is 1. The van der Waals surface area contributed by atoms with E-state index >= 15 is 0 Å². The lowest BCUT2D eigenvalue weighted by atomic mass is 10.3. The minimum Gasteiger partial charge on any atom is -0.309 e. The van der Waals surface area contributed by atoms with E-state index in [4.69, 9.17) is 0 Å². The van der Waals surface area contributed by atoms with Crippen molar-refractivity contribution in [1.29, 1.82) is 0 Å². The summed E-state index contributed by atoms with van der Waals surface area (Å²) in [6.07, 6.45) is 4.52. The van der Waals surface area contributed by atoms with Gasteiger partial charge in [-0.05, 0) is 19.1 Å². The van der Waals surface area contributed by atoms with Gasteiger partial charge in [-0.3, -0.25) is 4.79 Å². The fraction of sp³-hybridized carbons (Fsp3) is 0.200.